The van der Waals surface area contributed by atoms with Gasteiger partial charge in [-0.25, -0.2) is 4.98 Å². The number of thiazole rings is 1. The number of rotatable bonds is 2. The van der Waals surface area contributed by atoms with Gasteiger partial charge in [-0.1, -0.05) is 0 Å². The third-order valence-electron chi connectivity index (χ3n) is 2.44. The van der Waals surface area contributed by atoms with Crippen molar-refractivity contribution in [1.82, 2.24) is 19.6 Å². The van der Waals surface area contributed by atoms with Gasteiger partial charge in [0.25, 0.3) is 0 Å². The molecule has 0 atom stereocenters. The molecule has 0 bridgehead atoms. The number of aromatic amines is 1. The van der Waals surface area contributed by atoms with E-state index in [9.17, 15) is 0 Å². The number of nitrogens with one attached hydrogen (secondary N) is 1. The van der Waals surface area contributed by atoms with E-state index in [0.29, 0.717) is 6.54 Å². The van der Waals surface area contributed by atoms with Gasteiger partial charge in [-0.2, -0.15) is 5.10 Å². The average molecular weight is 233 g/mol. The second-order valence-corrected chi connectivity index (χ2v) is 4.48. The van der Waals surface area contributed by atoms with Gasteiger partial charge in [0.1, 0.15) is 5.69 Å². The first-order valence-corrected chi connectivity index (χ1v) is 5.84. The zero-order chi connectivity index (χ0) is 11.1. The molecule has 0 amide bonds. The molecule has 3 aromatic heterocycles. The average Bonchev–Trinajstić information content (AvgIpc) is 2.91. The molecule has 0 saturated heterocycles. The zero-order valence-electron chi connectivity index (χ0n) is 8.77. The Kier molecular flexibility index (Phi) is 2.05. The molecule has 0 radical (unpaired) electrons. The summed E-state index contributed by atoms with van der Waals surface area (Å²) in [7, 11) is 0. The van der Waals surface area contributed by atoms with Crippen LogP contribution in [0.2, 0.25) is 0 Å². The SMILES string of the molecule is Cc1cc(-c2csc3nc(CN)cn23)n[nH]1. The fourth-order valence-electron chi connectivity index (χ4n) is 1.66. The maximum absolute atomic E-state index is 5.57. The lowest BCUT2D eigenvalue weighted by Gasteiger charge is -1.92. The lowest BCUT2D eigenvalue weighted by atomic mass is 10.3. The maximum atomic E-state index is 5.57. The molecule has 3 N–H and O–H groups in total. The molecule has 0 saturated carbocycles. The van der Waals surface area contributed by atoms with Crippen LogP contribution in [0.3, 0.4) is 0 Å². The van der Waals surface area contributed by atoms with E-state index in [1.165, 1.54) is 0 Å². The van der Waals surface area contributed by atoms with Gasteiger partial charge in [-0.05, 0) is 13.0 Å². The molecule has 0 spiro atoms. The van der Waals surface area contributed by atoms with E-state index in [0.717, 1.165) is 27.7 Å². The van der Waals surface area contributed by atoms with Gasteiger partial charge >= 0.3 is 0 Å². The number of fused-ring (bicyclic) bond motifs is 1. The predicted molar refractivity (Wildman–Crippen MR) is 63.3 cm³/mol. The van der Waals surface area contributed by atoms with Gasteiger partial charge in [-0.15, -0.1) is 11.3 Å². The van der Waals surface area contributed by atoms with Crippen molar-refractivity contribution < 1.29 is 0 Å². The van der Waals surface area contributed by atoms with Crippen molar-refractivity contribution in [3.8, 4) is 11.4 Å². The number of aryl methyl sites for hydroxylation is 1. The first-order valence-electron chi connectivity index (χ1n) is 4.96. The van der Waals surface area contributed by atoms with Gasteiger partial charge in [0.2, 0.25) is 0 Å². The number of aromatic nitrogens is 4. The molecule has 0 aromatic carbocycles. The Hall–Kier alpha value is -1.66. The van der Waals surface area contributed by atoms with E-state index in [4.69, 9.17) is 5.73 Å². The lowest BCUT2D eigenvalue weighted by molar-refractivity contribution is 1.01. The summed E-state index contributed by atoms with van der Waals surface area (Å²) in [5.74, 6) is 0. The monoisotopic (exact) mass is 233 g/mol. The third-order valence-corrected chi connectivity index (χ3v) is 3.28. The number of nitrogens with zero attached hydrogens (tertiary/aromatic N) is 3. The minimum atomic E-state index is 0.466. The van der Waals surface area contributed by atoms with E-state index in [-0.39, 0.29) is 0 Å². The van der Waals surface area contributed by atoms with Crippen LogP contribution < -0.4 is 5.73 Å². The smallest absolute Gasteiger partial charge is 0.194 e. The Morgan fingerprint density at radius 1 is 1.56 bits per heavy atom. The lowest BCUT2D eigenvalue weighted by Crippen LogP contribution is -1.95. The van der Waals surface area contributed by atoms with Crippen molar-refractivity contribution in [2.24, 2.45) is 5.73 Å². The summed E-state index contributed by atoms with van der Waals surface area (Å²) in [5, 5.41) is 9.24. The highest BCUT2D eigenvalue weighted by atomic mass is 32.1. The molecule has 5 nitrogen and oxygen atoms in total. The van der Waals surface area contributed by atoms with Crippen molar-refractivity contribution >= 4 is 16.3 Å². The molecule has 82 valence electrons. The first kappa shape index (κ1) is 9.56. The van der Waals surface area contributed by atoms with Crippen LogP contribution >= 0.6 is 11.3 Å². The normalized spacial score (nSPS) is 11.4. The summed E-state index contributed by atoms with van der Waals surface area (Å²) >= 11 is 1.60. The number of hydrogen-bond donors (Lipinski definition) is 2. The van der Waals surface area contributed by atoms with Crippen LogP contribution in [0.1, 0.15) is 11.4 Å². The van der Waals surface area contributed by atoms with Crippen LogP contribution in [0.5, 0.6) is 0 Å². The molecule has 3 rings (SSSR count). The van der Waals surface area contributed by atoms with Gasteiger partial charge in [0.05, 0.1) is 11.4 Å². The molecule has 3 heterocycles. The van der Waals surface area contributed by atoms with E-state index in [2.05, 4.69) is 20.6 Å². The van der Waals surface area contributed by atoms with E-state index < -0.39 is 0 Å². The highest BCUT2D eigenvalue weighted by Gasteiger charge is 2.10. The summed E-state index contributed by atoms with van der Waals surface area (Å²) in [6, 6.07) is 2.02. The van der Waals surface area contributed by atoms with Gasteiger partial charge in [0, 0.05) is 23.8 Å². The summed E-state index contributed by atoms with van der Waals surface area (Å²) < 4.78 is 2.03. The van der Waals surface area contributed by atoms with Gasteiger partial charge in [-0.3, -0.25) is 9.50 Å². The number of H-pyrrole nitrogens is 1. The van der Waals surface area contributed by atoms with Crippen LogP contribution in [0.25, 0.3) is 16.3 Å². The second kappa shape index (κ2) is 3.43. The Labute approximate surface area is 95.9 Å². The quantitative estimate of drug-likeness (QED) is 0.705. The third kappa shape index (κ3) is 1.35. The Morgan fingerprint density at radius 2 is 2.44 bits per heavy atom. The molecular formula is C10H11N5S. The van der Waals surface area contributed by atoms with E-state index >= 15 is 0 Å². The summed E-state index contributed by atoms with van der Waals surface area (Å²) in [4.78, 5) is 5.36. The van der Waals surface area contributed by atoms with Crippen LogP contribution in [0.4, 0.5) is 0 Å². The van der Waals surface area contributed by atoms with Crippen molar-refractivity contribution in [2.75, 3.05) is 0 Å². The molecule has 0 unspecified atom stereocenters. The molecule has 0 aliphatic carbocycles. The van der Waals surface area contributed by atoms with Gasteiger partial charge in [0.15, 0.2) is 4.96 Å². The van der Waals surface area contributed by atoms with Gasteiger partial charge < -0.3 is 5.73 Å². The number of hydrogen-bond acceptors (Lipinski definition) is 4. The zero-order valence-corrected chi connectivity index (χ0v) is 9.58. The maximum Gasteiger partial charge on any atom is 0.194 e. The summed E-state index contributed by atoms with van der Waals surface area (Å²) in [6.07, 6.45) is 1.96. The Morgan fingerprint density at radius 3 is 3.12 bits per heavy atom. The molecule has 6 heteroatoms. The molecule has 0 aliphatic rings. The number of imidazole rings is 1. The first-order chi connectivity index (χ1) is 7.78. The minimum absolute atomic E-state index is 0.466. The van der Waals surface area contributed by atoms with E-state index in [1.54, 1.807) is 11.3 Å². The second-order valence-electron chi connectivity index (χ2n) is 3.65. The largest absolute Gasteiger partial charge is 0.325 e. The predicted octanol–water partition coefficient (Wildman–Crippen LogP) is 1.55. The van der Waals surface area contributed by atoms with Crippen LogP contribution in [-0.4, -0.2) is 19.6 Å². The minimum Gasteiger partial charge on any atom is -0.325 e. The topological polar surface area (TPSA) is 72.0 Å². The van der Waals surface area contributed by atoms with Crippen molar-refractivity contribution in [3.63, 3.8) is 0 Å². The highest BCUT2D eigenvalue weighted by Crippen LogP contribution is 2.25. The summed E-state index contributed by atoms with van der Waals surface area (Å²) in [6.45, 7) is 2.45. The molecule has 0 fully saturated rings. The highest BCUT2D eigenvalue weighted by molar-refractivity contribution is 7.15. The summed E-state index contributed by atoms with van der Waals surface area (Å²) in [5.41, 5.74) is 9.51. The molecule has 16 heavy (non-hydrogen) atoms. The Bertz CT molecular complexity index is 633. The standard InChI is InChI=1S/C10H11N5S/c1-6-2-8(14-13-6)9-5-16-10-12-7(3-11)4-15(9)10/h2,4-5H,3,11H2,1H3,(H,13,14). The molecule has 0 aliphatic heterocycles. The van der Waals surface area contributed by atoms with Crippen molar-refractivity contribution in [3.05, 3.63) is 29.0 Å². The van der Waals surface area contributed by atoms with Crippen LogP contribution in [0.15, 0.2) is 17.6 Å². The molecule has 3 aromatic rings. The van der Waals surface area contributed by atoms with Crippen LogP contribution in [-0.2, 0) is 6.54 Å². The number of nitrogens with two attached hydrogens (primary N) is 1. The van der Waals surface area contributed by atoms with Crippen molar-refractivity contribution in [1.29, 1.82) is 0 Å². The Balaban J connectivity index is 2.19. The van der Waals surface area contributed by atoms with Crippen LogP contribution in [0, 0.1) is 6.92 Å². The fourth-order valence-corrected chi connectivity index (χ4v) is 2.55. The van der Waals surface area contributed by atoms with Crippen molar-refractivity contribution in [2.45, 2.75) is 13.5 Å². The molecular weight excluding hydrogens is 222 g/mol. The fraction of sp³-hybridized carbons (Fsp3) is 0.200. The van der Waals surface area contributed by atoms with E-state index in [1.807, 2.05) is 23.6 Å².